The molecule has 5 heteroatoms. The van der Waals surface area contributed by atoms with Crippen molar-refractivity contribution in [1.29, 1.82) is 0 Å². The van der Waals surface area contributed by atoms with Gasteiger partial charge in [0.15, 0.2) is 0 Å². The van der Waals surface area contributed by atoms with E-state index in [0.29, 0.717) is 12.2 Å². The van der Waals surface area contributed by atoms with Gasteiger partial charge in [-0.15, -0.1) is 0 Å². The van der Waals surface area contributed by atoms with Gasteiger partial charge in [-0.25, -0.2) is 0 Å². The van der Waals surface area contributed by atoms with Crippen LogP contribution in [0.25, 0.3) is 0 Å². The van der Waals surface area contributed by atoms with Gasteiger partial charge in [0, 0.05) is 5.75 Å². The fourth-order valence-corrected chi connectivity index (χ4v) is 2.58. The zero-order valence-corrected chi connectivity index (χ0v) is 14.5. The van der Waals surface area contributed by atoms with Gasteiger partial charge < -0.3 is 10.5 Å². The minimum atomic E-state index is -0.557. The van der Waals surface area contributed by atoms with Gasteiger partial charge in [-0.1, -0.05) is 49.0 Å². The molecule has 0 spiro atoms. The van der Waals surface area contributed by atoms with E-state index in [1.54, 1.807) is 6.92 Å². The number of thioether (sulfide) groups is 1. The van der Waals surface area contributed by atoms with Gasteiger partial charge >= 0.3 is 5.97 Å². The zero-order chi connectivity index (χ0) is 16.8. The van der Waals surface area contributed by atoms with Gasteiger partial charge in [-0.05, 0) is 32.8 Å². The van der Waals surface area contributed by atoms with Crippen LogP contribution in [-0.2, 0) is 20.7 Å². The maximum atomic E-state index is 12.0. The van der Waals surface area contributed by atoms with Crippen molar-refractivity contribution in [1.82, 2.24) is 0 Å². The summed E-state index contributed by atoms with van der Waals surface area (Å²) in [5.74, 6) is -0.238. The Morgan fingerprint density at radius 3 is 2.36 bits per heavy atom. The molecule has 1 aromatic rings. The molecule has 0 bridgehead atoms. The number of esters is 1. The summed E-state index contributed by atoms with van der Waals surface area (Å²) in [5.41, 5.74) is 6.45. The Morgan fingerprint density at radius 2 is 1.82 bits per heavy atom. The first-order valence-electron chi connectivity index (χ1n) is 7.38. The number of ether oxygens (including phenoxy) is 1. The highest BCUT2D eigenvalue weighted by Gasteiger charge is 2.23. The van der Waals surface area contributed by atoms with Gasteiger partial charge in [-0.2, -0.15) is 0 Å². The number of benzene rings is 1. The highest BCUT2D eigenvalue weighted by atomic mass is 32.2. The first-order valence-corrected chi connectivity index (χ1v) is 8.36. The summed E-state index contributed by atoms with van der Waals surface area (Å²) in [6, 6.07) is 9.10. The second kappa shape index (κ2) is 8.34. The number of carbonyl (C=O) groups is 2. The fraction of sp³-hybridized carbons (Fsp3) is 0.529. The van der Waals surface area contributed by atoms with Crippen molar-refractivity contribution in [3.05, 3.63) is 35.9 Å². The van der Waals surface area contributed by atoms with Crippen LogP contribution in [0.2, 0.25) is 0 Å². The number of hydrogen-bond acceptors (Lipinski definition) is 5. The van der Waals surface area contributed by atoms with Crippen molar-refractivity contribution >= 4 is 22.8 Å². The van der Waals surface area contributed by atoms with Crippen LogP contribution in [0.3, 0.4) is 0 Å². The quantitative estimate of drug-likeness (QED) is 0.815. The van der Waals surface area contributed by atoms with Crippen LogP contribution in [0.4, 0.5) is 0 Å². The van der Waals surface area contributed by atoms with Crippen LogP contribution in [0, 0.1) is 5.92 Å². The maximum Gasteiger partial charge on any atom is 0.310 e. The van der Waals surface area contributed by atoms with E-state index >= 15 is 0 Å². The normalized spacial score (nSPS) is 14.2. The van der Waals surface area contributed by atoms with Gasteiger partial charge in [0.25, 0.3) is 0 Å². The molecular formula is C17H25NO3S. The third-order valence-corrected chi connectivity index (χ3v) is 4.14. The minimum absolute atomic E-state index is 0.0979. The Morgan fingerprint density at radius 1 is 1.23 bits per heavy atom. The van der Waals surface area contributed by atoms with E-state index in [1.807, 2.05) is 51.1 Å². The topological polar surface area (TPSA) is 69.4 Å². The molecule has 122 valence electrons. The number of carbonyl (C=O) groups excluding carboxylic acids is 2. The Labute approximate surface area is 136 Å². The molecule has 2 N–H and O–H groups in total. The summed E-state index contributed by atoms with van der Waals surface area (Å²) in [6.45, 7) is 7.24. The maximum absolute atomic E-state index is 12.0. The second-order valence-electron chi connectivity index (χ2n) is 6.36. The Bertz CT molecular complexity index is 496. The molecule has 22 heavy (non-hydrogen) atoms. The largest absolute Gasteiger partial charge is 0.460 e. The van der Waals surface area contributed by atoms with E-state index in [0.717, 1.165) is 17.3 Å². The Balaban J connectivity index is 2.40. The summed E-state index contributed by atoms with van der Waals surface area (Å²) in [6.07, 6.45) is 0.507. The molecule has 0 saturated carbocycles. The molecule has 0 aliphatic carbocycles. The lowest BCUT2D eigenvalue weighted by Crippen LogP contribution is -2.32. The molecule has 0 radical (unpaired) electrons. The first-order chi connectivity index (χ1) is 10.2. The average molecular weight is 323 g/mol. The molecule has 2 atom stereocenters. The van der Waals surface area contributed by atoms with Crippen LogP contribution < -0.4 is 5.73 Å². The van der Waals surface area contributed by atoms with E-state index < -0.39 is 11.6 Å². The number of nitrogens with two attached hydrogens (primary N) is 1. The number of hydrogen-bond donors (Lipinski definition) is 1. The molecule has 4 nitrogen and oxygen atoms in total. The lowest BCUT2D eigenvalue weighted by molar-refractivity contribution is -0.158. The summed E-state index contributed by atoms with van der Waals surface area (Å²) in [5, 5.41) is -0.0979. The molecule has 0 aromatic heterocycles. The molecule has 0 heterocycles. The number of rotatable bonds is 6. The second-order valence-corrected chi connectivity index (χ2v) is 7.39. The van der Waals surface area contributed by atoms with Crippen molar-refractivity contribution in [3.63, 3.8) is 0 Å². The monoisotopic (exact) mass is 323 g/mol. The molecule has 0 aliphatic heterocycles. The van der Waals surface area contributed by atoms with Crippen molar-refractivity contribution < 1.29 is 14.3 Å². The zero-order valence-electron chi connectivity index (χ0n) is 13.7. The third-order valence-electron chi connectivity index (χ3n) is 2.89. The predicted octanol–water partition coefficient (Wildman–Crippen LogP) is 2.79. The van der Waals surface area contributed by atoms with Crippen LogP contribution in [0.15, 0.2) is 30.3 Å². The molecule has 1 aromatic carbocycles. The van der Waals surface area contributed by atoms with Crippen LogP contribution in [0.1, 0.15) is 33.3 Å². The van der Waals surface area contributed by atoms with Gasteiger partial charge in [-0.3, -0.25) is 9.59 Å². The summed E-state index contributed by atoms with van der Waals surface area (Å²) < 4.78 is 5.29. The highest BCUT2D eigenvalue weighted by Crippen LogP contribution is 2.17. The SMILES string of the molecule is CC(CSC(=O)C(N)Cc1ccccc1)C(=O)OC(C)(C)C. The standard InChI is InChI=1S/C17H25NO3S/c1-12(15(19)21-17(2,3)4)11-22-16(20)14(18)10-13-8-6-5-7-9-13/h5-9,12,14H,10-11,18H2,1-4H3. The summed E-state index contributed by atoms with van der Waals surface area (Å²) in [4.78, 5) is 23.9. The van der Waals surface area contributed by atoms with E-state index in [9.17, 15) is 9.59 Å². The fourth-order valence-electron chi connectivity index (χ4n) is 1.74. The molecule has 1 rings (SSSR count). The van der Waals surface area contributed by atoms with E-state index in [4.69, 9.17) is 10.5 Å². The van der Waals surface area contributed by atoms with Crippen LogP contribution in [0.5, 0.6) is 0 Å². The molecule has 0 saturated heterocycles. The smallest absolute Gasteiger partial charge is 0.310 e. The van der Waals surface area contributed by atoms with Gasteiger partial charge in [0.05, 0.1) is 12.0 Å². The highest BCUT2D eigenvalue weighted by molar-refractivity contribution is 8.13. The first kappa shape index (κ1) is 18.7. The molecule has 0 amide bonds. The third kappa shape index (κ3) is 7.09. The van der Waals surface area contributed by atoms with E-state index in [1.165, 1.54) is 0 Å². The van der Waals surface area contributed by atoms with E-state index in [-0.39, 0.29) is 17.0 Å². The van der Waals surface area contributed by atoms with Crippen molar-refractivity contribution in [3.8, 4) is 0 Å². The van der Waals surface area contributed by atoms with Gasteiger partial charge in [0.2, 0.25) is 5.12 Å². The predicted molar refractivity (Wildman–Crippen MR) is 90.6 cm³/mol. The summed E-state index contributed by atoms with van der Waals surface area (Å²) in [7, 11) is 0. The van der Waals surface area contributed by atoms with Crippen molar-refractivity contribution in [2.75, 3.05) is 5.75 Å². The average Bonchev–Trinajstić information content (AvgIpc) is 2.43. The molecule has 2 unspecified atom stereocenters. The van der Waals surface area contributed by atoms with Crippen LogP contribution in [-0.4, -0.2) is 28.5 Å². The lowest BCUT2D eigenvalue weighted by Gasteiger charge is -2.22. The minimum Gasteiger partial charge on any atom is -0.460 e. The van der Waals surface area contributed by atoms with Gasteiger partial charge in [0.1, 0.15) is 5.60 Å². The molecule has 0 fully saturated rings. The van der Waals surface area contributed by atoms with Crippen LogP contribution >= 0.6 is 11.8 Å². The molecule has 0 aliphatic rings. The lowest BCUT2D eigenvalue weighted by atomic mass is 10.1. The Hall–Kier alpha value is -1.33. The van der Waals surface area contributed by atoms with E-state index in [2.05, 4.69) is 0 Å². The van der Waals surface area contributed by atoms with Crippen molar-refractivity contribution in [2.45, 2.75) is 45.8 Å². The molecular weight excluding hydrogens is 298 g/mol. The van der Waals surface area contributed by atoms with Crippen molar-refractivity contribution in [2.24, 2.45) is 11.7 Å². The summed E-state index contributed by atoms with van der Waals surface area (Å²) >= 11 is 1.10. The Kier molecular flexibility index (Phi) is 7.10.